The fourth-order valence-corrected chi connectivity index (χ4v) is 4.37. The van der Waals surface area contributed by atoms with E-state index in [1.54, 1.807) is 0 Å². The van der Waals surface area contributed by atoms with Crippen LogP contribution in [0.4, 0.5) is 0 Å². The molecule has 0 radical (unpaired) electrons. The van der Waals surface area contributed by atoms with Crippen molar-refractivity contribution in [3.63, 3.8) is 0 Å². The first-order valence-electron chi connectivity index (χ1n) is 14.2. The molecule has 2 aliphatic heterocycles. The highest BCUT2D eigenvalue weighted by Gasteiger charge is 2.47. The Morgan fingerprint density at radius 1 is 0.907 bits per heavy atom. The minimum Gasteiger partial charge on any atom is -0.394 e. The molecule has 7 N–H and O–H groups in total. The molecule has 2 amide bonds. The molecule has 0 spiro atoms. The van der Waals surface area contributed by atoms with Gasteiger partial charge in [0, 0.05) is 45.7 Å². The number of hydrogen-bond donors (Lipinski definition) is 7. The lowest BCUT2D eigenvalue weighted by atomic mass is 9.98. The number of carbonyl (C=O) groups is 4. The van der Waals surface area contributed by atoms with Gasteiger partial charge in [0.1, 0.15) is 36.8 Å². The monoisotopic (exact) mass is 624 g/mol. The summed E-state index contributed by atoms with van der Waals surface area (Å²) in [5, 5.41) is 63.3. The zero-order chi connectivity index (χ0) is 31.9. The van der Waals surface area contributed by atoms with Gasteiger partial charge in [-0.1, -0.05) is 0 Å². The molecule has 0 aromatic carbocycles. The van der Waals surface area contributed by atoms with E-state index in [0.717, 1.165) is 5.06 Å². The predicted molar refractivity (Wildman–Crippen MR) is 141 cm³/mol. The van der Waals surface area contributed by atoms with Crippen molar-refractivity contribution in [1.82, 2.24) is 10.4 Å². The average molecular weight is 625 g/mol. The molecule has 0 saturated carbocycles. The van der Waals surface area contributed by atoms with Crippen LogP contribution in [0.15, 0.2) is 0 Å². The average Bonchev–Trinajstić information content (AvgIpc) is 2.99. The van der Waals surface area contributed by atoms with E-state index in [9.17, 15) is 49.8 Å². The second kappa shape index (κ2) is 19.1. The number of nitrogens with one attached hydrogen (secondary N) is 1. The molecule has 7 unspecified atom stereocenters. The fraction of sp³-hybridized carbons (Fsp3) is 0.846. The Bertz CT molecular complexity index is 877. The molecule has 0 bridgehead atoms. The van der Waals surface area contributed by atoms with Crippen LogP contribution >= 0.6 is 0 Å². The first kappa shape index (κ1) is 36.9. The molecular weight excluding hydrogens is 580 g/mol. The van der Waals surface area contributed by atoms with Crippen LogP contribution in [0.25, 0.3) is 0 Å². The smallest absolute Gasteiger partial charge is 0.332 e. The lowest BCUT2D eigenvalue weighted by Crippen LogP contribution is -2.61. The standard InChI is InChI=1S/C26H44N2O15/c1-28(19(33)7-4-10-29)43-20(34)8-3-2-6-18(32)27-9-5-11-39-25-22(36)16(12-15(13-30)40-25)41-26-24(38)23(37)21(35)17(14-31)42-26/h10,15-17,21-26,30-31,35-38H,2-9,11-14H2,1H3,(H,27,32)/t15?,16?,17?,21-,22?,23?,24?,25?,26+/m1/s1. The molecular formula is C26H44N2O15. The minimum atomic E-state index is -1.67. The van der Waals surface area contributed by atoms with Gasteiger partial charge in [-0.3, -0.25) is 9.59 Å². The Kier molecular flexibility index (Phi) is 16.4. The first-order valence-corrected chi connectivity index (χ1v) is 14.2. The molecule has 0 aliphatic carbocycles. The van der Waals surface area contributed by atoms with E-state index < -0.39 is 80.4 Å². The number of unbranched alkanes of at least 4 members (excludes halogenated alkanes) is 1. The van der Waals surface area contributed by atoms with Gasteiger partial charge >= 0.3 is 5.97 Å². The Labute approximate surface area is 248 Å². The second-order valence-electron chi connectivity index (χ2n) is 10.2. The van der Waals surface area contributed by atoms with E-state index in [2.05, 4.69) is 5.32 Å². The molecule has 248 valence electrons. The van der Waals surface area contributed by atoms with Crippen molar-refractivity contribution in [3.05, 3.63) is 0 Å². The summed E-state index contributed by atoms with van der Waals surface area (Å²) in [4.78, 5) is 50.7. The highest BCUT2D eigenvalue weighted by Crippen LogP contribution is 2.29. The largest absolute Gasteiger partial charge is 0.394 e. The molecule has 2 aliphatic rings. The van der Waals surface area contributed by atoms with Crippen molar-refractivity contribution in [2.45, 2.75) is 107 Å². The molecule has 2 fully saturated rings. The number of aliphatic hydroxyl groups excluding tert-OH is 6. The number of rotatable bonds is 17. The Balaban J connectivity index is 1.66. The van der Waals surface area contributed by atoms with E-state index in [1.807, 2.05) is 0 Å². The van der Waals surface area contributed by atoms with Crippen molar-refractivity contribution >= 4 is 24.1 Å². The Hall–Kier alpha value is -2.32. The van der Waals surface area contributed by atoms with Crippen LogP contribution in [0.3, 0.4) is 0 Å². The van der Waals surface area contributed by atoms with Crippen LogP contribution in [0, 0.1) is 0 Å². The number of ether oxygens (including phenoxy) is 4. The number of aliphatic hydroxyl groups is 6. The molecule has 17 heteroatoms. The summed E-state index contributed by atoms with van der Waals surface area (Å²) in [7, 11) is 1.28. The van der Waals surface area contributed by atoms with Gasteiger partial charge in [-0.2, -0.15) is 5.06 Å². The van der Waals surface area contributed by atoms with Crippen LogP contribution in [0.2, 0.25) is 0 Å². The van der Waals surface area contributed by atoms with Gasteiger partial charge < -0.3 is 64.5 Å². The molecule has 2 heterocycles. The van der Waals surface area contributed by atoms with E-state index >= 15 is 0 Å². The van der Waals surface area contributed by atoms with E-state index in [1.165, 1.54) is 7.05 Å². The van der Waals surface area contributed by atoms with Gasteiger partial charge in [-0.25, -0.2) is 4.79 Å². The molecule has 0 aromatic rings. The number of aldehydes is 1. The van der Waals surface area contributed by atoms with Gasteiger partial charge in [-0.05, 0) is 19.3 Å². The van der Waals surface area contributed by atoms with Crippen LogP contribution in [-0.2, 0) is 43.0 Å². The lowest BCUT2D eigenvalue weighted by molar-refractivity contribution is -0.343. The molecule has 17 nitrogen and oxygen atoms in total. The maximum absolute atomic E-state index is 12.1. The SMILES string of the molecule is CN(OC(=O)CCCCC(=O)NCCCOC1OC(CO)CC(O[C@H]2OC(CO)[C@@H](O)C(O)C2O)C1O)C(=O)CCC=O. The Morgan fingerprint density at radius 3 is 2.30 bits per heavy atom. The minimum absolute atomic E-state index is 0.00342. The molecule has 2 saturated heterocycles. The van der Waals surface area contributed by atoms with Crippen molar-refractivity contribution in [2.75, 3.05) is 33.4 Å². The zero-order valence-corrected chi connectivity index (χ0v) is 24.1. The number of carbonyl (C=O) groups excluding carboxylic acids is 4. The van der Waals surface area contributed by atoms with Gasteiger partial charge in [0.15, 0.2) is 12.6 Å². The second-order valence-corrected chi connectivity index (χ2v) is 10.2. The summed E-state index contributed by atoms with van der Waals surface area (Å²) in [6.45, 7) is -0.780. The van der Waals surface area contributed by atoms with Crippen LogP contribution < -0.4 is 5.32 Å². The van der Waals surface area contributed by atoms with E-state index in [-0.39, 0.29) is 51.2 Å². The highest BCUT2D eigenvalue weighted by molar-refractivity contribution is 5.79. The van der Waals surface area contributed by atoms with Crippen molar-refractivity contribution in [1.29, 1.82) is 0 Å². The van der Waals surface area contributed by atoms with Crippen molar-refractivity contribution in [3.8, 4) is 0 Å². The van der Waals surface area contributed by atoms with Crippen molar-refractivity contribution in [2.24, 2.45) is 0 Å². The number of nitrogens with zero attached hydrogens (tertiary/aromatic N) is 1. The number of hydroxylamine groups is 2. The summed E-state index contributed by atoms with van der Waals surface area (Å²) in [5.74, 6) is -1.38. The third kappa shape index (κ3) is 11.9. The zero-order valence-electron chi connectivity index (χ0n) is 24.1. The molecule has 9 atom stereocenters. The van der Waals surface area contributed by atoms with Gasteiger partial charge in [0.05, 0.1) is 32.0 Å². The number of hydrogen-bond acceptors (Lipinski definition) is 15. The Morgan fingerprint density at radius 2 is 1.63 bits per heavy atom. The molecule has 0 aromatic heterocycles. The summed E-state index contributed by atoms with van der Waals surface area (Å²) in [6, 6.07) is 0. The van der Waals surface area contributed by atoms with Gasteiger partial charge in [0.25, 0.3) is 5.91 Å². The van der Waals surface area contributed by atoms with Crippen LogP contribution in [0.1, 0.15) is 51.4 Å². The lowest BCUT2D eigenvalue weighted by Gasteiger charge is -2.44. The van der Waals surface area contributed by atoms with Gasteiger partial charge in [0.2, 0.25) is 5.91 Å². The highest BCUT2D eigenvalue weighted by atomic mass is 16.7. The fourth-order valence-electron chi connectivity index (χ4n) is 4.37. The third-order valence-corrected chi connectivity index (χ3v) is 6.87. The topological polar surface area (TPSA) is 251 Å². The molecule has 43 heavy (non-hydrogen) atoms. The van der Waals surface area contributed by atoms with Crippen LogP contribution in [-0.4, -0.2) is 148 Å². The predicted octanol–water partition coefficient (Wildman–Crippen LogP) is -3.38. The quantitative estimate of drug-likeness (QED) is 0.0474. The van der Waals surface area contributed by atoms with E-state index in [4.69, 9.17) is 23.8 Å². The molecule has 2 rings (SSSR count). The maximum Gasteiger partial charge on any atom is 0.332 e. The summed E-state index contributed by atoms with van der Waals surface area (Å²) < 4.78 is 22.1. The summed E-state index contributed by atoms with van der Waals surface area (Å²) >= 11 is 0. The third-order valence-electron chi connectivity index (χ3n) is 6.87. The van der Waals surface area contributed by atoms with Crippen molar-refractivity contribution < 1.29 is 73.6 Å². The van der Waals surface area contributed by atoms with Crippen LogP contribution in [0.5, 0.6) is 0 Å². The maximum atomic E-state index is 12.1. The summed E-state index contributed by atoms with van der Waals surface area (Å²) in [5.41, 5.74) is 0. The normalized spacial score (nSPS) is 30.8. The van der Waals surface area contributed by atoms with E-state index in [0.29, 0.717) is 25.5 Å². The van der Waals surface area contributed by atoms with Gasteiger partial charge in [-0.15, -0.1) is 0 Å². The first-order chi connectivity index (χ1) is 20.5. The number of amides is 2. The summed E-state index contributed by atoms with van der Waals surface area (Å²) in [6.07, 6.45) is -10.2.